The van der Waals surface area contributed by atoms with Crippen molar-refractivity contribution >= 4 is 29.3 Å². The number of para-hydroxylation sites is 1. The third kappa shape index (κ3) is 5.11. The van der Waals surface area contributed by atoms with Gasteiger partial charge in [0.1, 0.15) is 0 Å². The third-order valence-electron chi connectivity index (χ3n) is 4.04. The van der Waals surface area contributed by atoms with Gasteiger partial charge in [0.15, 0.2) is 5.16 Å². The minimum Gasteiger partial charge on any atom is -0.465 e. The summed E-state index contributed by atoms with van der Waals surface area (Å²) in [5.41, 5.74) is 1.66. The van der Waals surface area contributed by atoms with Gasteiger partial charge in [-0.05, 0) is 19.1 Å². The van der Waals surface area contributed by atoms with E-state index in [1.807, 2.05) is 30.3 Å². The lowest BCUT2D eigenvalue weighted by atomic mass is 10.1. The van der Waals surface area contributed by atoms with Gasteiger partial charge in [-0.25, -0.2) is 9.78 Å². The zero-order valence-corrected chi connectivity index (χ0v) is 16.7. The maximum Gasteiger partial charge on any atom is 0.339 e. The second-order valence-corrected chi connectivity index (χ2v) is 7.42. The molecule has 0 saturated heterocycles. The van der Waals surface area contributed by atoms with E-state index in [1.54, 1.807) is 31.2 Å². The fraction of sp³-hybridized carbons (Fsp3) is 0.143. The molecule has 0 unspecified atom stereocenters. The molecule has 29 heavy (non-hydrogen) atoms. The average molecular weight is 409 g/mol. The number of aromatic nitrogens is 2. The number of thioether (sulfide) groups is 1. The summed E-state index contributed by atoms with van der Waals surface area (Å²) in [4.78, 5) is 43.6. The quantitative estimate of drug-likeness (QED) is 0.368. The van der Waals surface area contributed by atoms with Crippen LogP contribution in [0.2, 0.25) is 0 Å². The topological polar surface area (TPSA) is 101 Å². The van der Waals surface area contributed by atoms with Crippen LogP contribution in [0.15, 0.2) is 70.6 Å². The van der Waals surface area contributed by atoms with E-state index in [4.69, 9.17) is 4.74 Å². The number of carbonyl (C=O) groups is 2. The maximum atomic E-state index is 12.6. The summed E-state index contributed by atoms with van der Waals surface area (Å²) >= 11 is 1.12. The lowest BCUT2D eigenvalue weighted by Gasteiger charge is -2.14. The highest BCUT2D eigenvalue weighted by molar-refractivity contribution is 8.00. The Bertz CT molecular complexity index is 1080. The lowest BCUT2D eigenvalue weighted by Crippen LogP contribution is -2.24. The SMILES string of the molecule is COC(=O)c1ccccc1NC(=O)[C@H](C)Sc1nc(-c2ccccc2)cc(=O)[nH]1. The number of esters is 1. The molecule has 0 radical (unpaired) electrons. The number of benzene rings is 2. The second kappa shape index (κ2) is 9.20. The first kappa shape index (κ1) is 20.3. The Balaban J connectivity index is 1.76. The van der Waals surface area contributed by atoms with E-state index >= 15 is 0 Å². The molecular formula is C21H19N3O4S. The predicted octanol–water partition coefficient (Wildman–Crippen LogP) is 3.34. The first-order valence-electron chi connectivity index (χ1n) is 8.79. The van der Waals surface area contributed by atoms with Crippen molar-refractivity contribution in [3.05, 3.63) is 76.6 Å². The van der Waals surface area contributed by atoms with Crippen LogP contribution >= 0.6 is 11.8 Å². The predicted molar refractivity (Wildman–Crippen MR) is 112 cm³/mol. The Kier molecular flexibility index (Phi) is 6.46. The molecule has 148 valence electrons. The van der Waals surface area contributed by atoms with E-state index in [-0.39, 0.29) is 17.0 Å². The highest BCUT2D eigenvalue weighted by atomic mass is 32.2. The van der Waals surface area contributed by atoms with Gasteiger partial charge in [-0.15, -0.1) is 0 Å². The van der Waals surface area contributed by atoms with Crippen LogP contribution in [0.25, 0.3) is 11.3 Å². The van der Waals surface area contributed by atoms with E-state index in [9.17, 15) is 14.4 Å². The zero-order valence-electron chi connectivity index (χ0n) is 15.8. The molecule has 0 spiro atoms. The van der Waals surface area contributed by atoms with Gasteiger partial charge >= 0.3 is 5.97 Å². The summed E-state index contributed by atoms with van der Waals surface area (Å²) in [5, 5.41) is 2.49. The average Bonchev–Trinajstić information content (AvgIpc) is 2.73. The molecule has 1 amide bonds. The van der Waals surface area contributed by atoms with Gasteiger partial charge in [-0.2, -0.15) is 0 Å². The molecule has 1 atom stereocenters. The monoisotopic (exact) mass is 409 g/mol. The van der Waals surface area contributed by atoms with Crippen LogP contribution in [-0.2, 0) is 9.53 Å². The minimum atomic E-state index is -0.574. The Morgan fingerprint density at radius 3 is 2.52 bits per heavy atom. The van der Waals surface area contributed by atoms with Crippen LogP contribution in [0.4, 0.5) is 5.69 Å². The van der Waals surface area contributed by atoms with Crippen LogP contribution in [0, 0.1) is 0 Å². The highest BCUT2D eigenvalue weighted by Crippen LogP contribution is 2.24. The molecule has 0 aliphatic heterocycles. The van der Waals surface area contributed by atoms with Crippen molar-refractivity contribution in [2.75, 3.05) is 12.4 Å². The molecule has 7 nitrogen and oxygen atoms in total. The molecule has 0 aliphatic rings. The summed E-state index contributed by atoms with van der Waals surface area (Å²) in [6.07, 6.45) is 0. The van der Waals surface area contributed by atoms with Crippen molar-refractivity contribution in [3.63, 3.8) is 0 Å². The summed E-state index contributed by atoms with van der Waals surface area (Å²) < 4.78 is 4.74. The summed E-state index contributed by atoms with van der Waals surface area (Å²) in [6.45, 7) is 1.69. The molecule has 2 N–H and O–H groups in total. The highest BCUT2D eigenvalue weighted by Gasteiger charge is 2.19. The minimum absolute atomic E-state index is 0.262. The van der Waals surface area contributed by atoms with E-state index in [1.165, 1.54) is 13.2 Å². The molecule has 0 aliphatic carbocycles. The van der Waals surface area contributed by atoms with Crippen LogP contribution in [0.1, 0.15) is 17.3 Å². The maximum absolute atomic E-state index is 12.6. The fourth-order valence-electron chi connectivity index (χ4n) is 2.58. The summed E-state index contributed by atoms with van der Waals surface area (Å²) in [5.74, 6) is -0.873. The molecule has 0 saturated carbocycles. The van der Waals surface area contributed by atoms with Gasteiger partial charge in [0.05, 0.1) is 29.3 Å². The number of nitrogens with one attached hydrogen (secondary N) is 2. The molecule has 3 aromatic rings. The molecule has 2 aromatic carbocycles. The van der Waals surface area contributed by atoms with Gasteiger partial charge in [0.25, 0.3) is 5.56 Å². The van der Waals surface area contributed by atoms with E-state index in [0.29, 0.717) is 16.5 Å². The number of nitrogens with zero attached hydrogens (tertiary/aromatic N) is 1. The standard InChI is InChI=1S/C21H19N3O4S/c1-13(19(26)22-16-11-7-6-10-15(16)20(27)28-2)29-21-23-17(12-18(25)24-21)14-8-4-3-5-9-14/h3-13H,1-2H3,(H,22,26)(H,23,24,25)/t13-/m0/s1. The number of amides is 1. The Morgan fingerprint density at radius 1 is 1.10 bits per heavy atom. The smallest absolute Gasteiger partial charge is 0.339 e. The molecule has 1 aromatic heterocycles. The Morgan fingerprint density at radius 2 is 1.79 bits per heavy atom. The molecular weight excluding hydrogens is 390 g/mol. The molecule has 8 heteroatoms. The van der Waals surface area contributed by atoms with Crippen molar-refractivity contribution in [2.45, 2.75) is 17.3 Å². The van der Waals surface area contributed by atoms with Gasteiger partial charge in [0.2, 0.25) is 5.91 Å². The van der Waals surface area contributed by atoms with Crippen molar-refractivity contribution in [2.24, 2.45) is 0 Å². The second-order valence-electron chi connectivity index (χ2n) is 6.09. The number of ether oxygens (including phenoxy) is 1. The van der Waals surface area contributed by atoms with Gasteiger partial charge in [-0.1, -0.05) is 54.2 Å². The fourth-order valence-corrected chi connectivity index (χ4v) is 3.39. The van der Waals surface area contributed by atoms with Crippen molar-refractivity contribution in [1.29, 1.82) is 0 Å². The van der Waals surface area contributed by atoms with Gasteiger partial charge in [-0.3, -0.25) is 9.59 Å². The van der Waals surface area contributed by atoms with Gasteiger partial charge < -0.3 is 15.0 Å². The normalized spacial score (nSPS) is 11.5. The van der Waals surface area contributed by atoms with Crippen LogP contribution < -0.4 is 10.9 Å². The number of anilines is 1. The molecule has 0 fully saturated rings. The van der Waals surface area contributed by atoms with Crippen LogP contribution in [-0.4, -0.2) is 34.2 Å². The van der Waals surface area contributed by atoms with E-state index in [0.717, 1.165) is 17.3 Å². The number of H-pyrrole nitrogens is 1. The van der Waals surface area contributed by atoms with E-state index in [2.05, 4.69) is 15.3 Å². The summed E-state index contributed by atoms with van der Waals surface area (Å²) in [6, 6.07) is 17.3. The molecule has 0 bridgehead atoms. The lowest BCUT2D eigenvalue weighted by molar-refractivity contribution is -0.115. The van der Waals surface area contributed by atoms with Crippen LogP contribution in [0.5, 0.6) is 0 Å². The third-order valence-corrected chi connectivity index (χ3v) is 5.02. The number of hydrogen-bond donors (Lipinski definition) is 2. The largest absolute Gasteiger partial charge is 0.465 e. The van der Waals surface area contributed by atoms with Gasteiger partial charge in [0, 0.05) is 11.6 Å². The number of aromatic amines is 1. The van der Waals surface area contributed by atoms with E-state index < -0.39 is 11.2 Å². The van der Waals surface area contributed by atoms with Crippen molar-refractivity contribution in [3.8, 4) is 11.3 Å². The Labute approximate surface area is 171 Å². The number of rotatable bonds is 6. The zero-order chi connectivity index (χ0) is 20.8. The number of methoxy groups -OCH3 is 1. The number of hydrogen-bond acceptors (Lipinski definition) is 6. The van der Waals surface area contributed by atoms with Crippen molar-refractivity contribution in [1.82, 2.24) is 9.97 Å². The molecule has 3 rings (SSSR count). The van der Waals surface area contributed by atoms with Crippen LogP contribution in [0.3, 0.4) is 0 Å². The first-order valence-corrected chi connectivity index (χ1v) is 9.67. The molecule has 1 heterocycles. The Hall–Kier alpha value is -3.39. The summed E-state index contributed by atoms with van der Waals surface area (Å²) in [7, 11) is 1.28. The number of carbonyl (C=O) groups excluding carboxylic acids is 2. The first-order chi connectivity index (χ1) is 14.0. The van der Waals surface area contributed by atoms with Crippen molar-refractivity contribution < 1.29 is 14.3 Å².